The highest BCUT2D eigenvalue weighted by Crippen LogP contribution is 2.47. The summed E-state index contributed by atoms with van der Waals surface area (Å²) in [6, 6.07) is 23.0. The molecule has 51 heavy (non-hydrogen) atoms. The molecule has 2 saturated heterocycles. The second-order valence-corrected chi connectivity index (χ2v) is 15.3. The van der Waals surface area contributed by atoms with E-state index in [-0.39, 0.29) is 11.7 Å². The average molecular weight is 719 g/mol. The van der Waals surface area contributed by atoms with E-state index in [1.807, 2.05) is 66.9 Å². The van der Waals surface area contributed by atoms with Gasteiger partial charge >= 0.3 is 0 Å². The Hall–Kier alpha value is -4.77. The fraction of sp³-hybridized carbons (Fsp3) is 0.275. The summed E-state index contributed by atoms with van der Waals surface area (Å²) < 4.78 is 21.8. The number of nitrogens with zero attached hydrogens (tertiary/aromatic N) is 4. The Kier molecular flexibility index (Phi) is 8.05. The number of aromatic nitrogens is 3. The van der Waals surface area contributed by atoms with Crippen molar-refractivity contribution >= 4 is 57.1 Å². The van der Waals surface area contributed by atoms with Crippen LogP contribution in [0.1, 0.15) is 39.9 Å². The lowest BCUT2D eigenvalue weighted by molar-refractivity contribution is -0.000504. The van der Waals surface area contributed by atoms with Gasteiger partial charge in [-0.1, -0.05) is 35.9 Å². The summed E-state index contributed by atoms with van der Waals surface area (Å²) in [7, 11) is 0. The Morgan fingerprint density at radius 3 is 2.67 bits per heavy atom. The summed E-state index contributed by atoms with van der Waals surface area (Å²) in [6.45, 7) is 6.78. The normalized spacial score (nSPS) is 16.5. The van der Waals surface area contributed by atoms with Gasteiger partial charge < -0.3 is 24.8 Å². The van der Waals surface area contributed by atoms with E-state index in [4.69, 9.17) is 21.3 Å². The molecule has 11 heteroatoms. The van der Waals surface area contributed by atoms with Gasteiger partial charge in [-0.2, -0.15) is 0 Å². The molecule has 258 valence electrons. The van der Waals surface area contributed by atoms with Crippen molar-refractivity contribution in [2.24, 2.45) is 5.41 Å². The van der Waals surface area contributed by atoms with E-state index in [9.17, 15) is 4.79 Å². The number of thiophene rings is 1. The van der Waals surface area contributed by atoms with Gasteiger partial charge in [-0.15, -0.1) is 11.3 Å². The molecule has 8 nitrogen and oxygen atoms in total. The Labute approximate surface area is 304 Å². The molecule has 0 radical (unpaired) electrons. The zero-order valence-corrected chi connectivity index (χ0v) is 29.7. The van der Waals surface area contributed by atoms with Crippen molar-refractivity contribution in [2.45, 2.75) is 32.7 Å². The van der Waals surface area contributed by atoms with Gasteiger partial charge in [0, 0.05) is 83.8 Å². The van der Waals surface area contributed by atoms with E-state index >= 15 is 4.39 Å². The molecular weight excluding hydrogens is 683 g/mol. The van der Waals surface area contributed by atoms with Crippen molar-refractivity contribution < 1.29 is 13.9 Å². The maximum Gasteiger partial charge on any atom is 0.258 e. The van der Waals surface area contributed by atoms with Crippen LogP contribution in [-0.4, -0.2) is 53.7 Å². The number of hydrogen-bond donors (Lipinski definition) is 2. The number of rotatable bonds is 6. The number of fused-ring (bicyclic) bond motifs is 4. The lowest BCUT2D eigenvalue weighted by Gasteiger charge is -2.53. The molecule has 1 spiro atoms. The fourth-order valence-electron chi connectivity index (χ4n) is 7.75. The van der Waals surface area contributed by atoms with Crippen LogP contribution in [0, 0.1) is 18.2 Å². The molecule has 0 atom stereocenters. The van der Waals surface area contributed by atoms with Crippen LogP contribution in [-0.2, 0) is 17.7 Å². The minimum Gasteiger partial charge on any atom is -0.381 e. The van der Waals surface area contributed by atoms with Gasteiger partial charge in [0.15, 0.2) is 5.82 Å². The summed E-state index contributed by atoms with van der Waals surface area (Å²) in [4.78, 5) is 32.2. The molecule has 3 aromatic carbocycles. The number of benzene rings is 3. The SMILES string of the molecule is Cc1cnc(N2CC3(CCOCC3)C2)c(CNc2ccc(C(=O)N3CCc4c(sc(-c5nc6cccc(Cl)c6[nH]5)c4F)-c4ccccc43)cc2)c1. The van der Waals surface area contributed by atoms with Crippen molar-refractivity contribution in [2.75, 3.05) is 48.0 Å². The first-order chi connectivity index (χ1) is 24.9. The highest BCUT2D eigenvalue weighted by atomic mass is 35.5. The van der Waals surface area contributed by atoms with E-state index < -0.39 is 0 Å². The highest BCUT2D eigenvalue weighted by Gasteiger charge is 2.44. The fourth-order valence-corrected chi connectivity index (χ4v) is 9.18. The van der Waals surface area contributed by atoms with Crippen LogP contribution in [0.15, 0.2) is 79.0 Å². The molecule has 6 aromatic rings. The van der Waals surface area contributed by atoms with E-state index in [1.54, 1.807) is 11.0 Å². The number of H-pyrrole nitrogens is 1. The van der Waals surface area contributed by atoms with Gasteiger partial charge in [0.25, 0.3) is 5.91 Å². The third-order valence-corrected chi connectivity index (χ3v) is 12.1. The monoisotopic (exact) mass is 718 g/mol. The summed E-state index contributed by atoms with van der Waals surface area (Å²) in [5.74, 6) is 1.05. The first-order valence-corrected chi connectivity index (χ1v) is 18.5. The molecule has 0 unspecified atom stereocenters. The summed E-state index contributed by atoms with van der Waals surface area (Å²) in [5, 5.41) is 4.09. The van der Waals surface area contributed by atoms with Crippen LogP contribution < -0.4 is 15.1 Å². The van der Waals surface area contributed by atoms with Crippen molar-refractivity contribution in [3.63, 3.8) is 0 Å². The molecule has 0 bridgehead atoms. The van der Waals surface area contributed by atoms with Crippen LogP contribution in [0.2, 0.25) is 5.02 Å². The van der Waals surface area contributed by atoms with E-state index in [0.717, 1.165) is 77.9 Å². The predicted molar refractivity (Wildman–Crippen MR) is 203 cm³/mol. The molecule has 3 aromatic heterocycles. The number of carbonyl (C=O) groups is 1. The standard InChI is InChI=1S/C40H36ClFN6O2S/c1-24-19-26(38(44-20-24)47-22-40(23-47)14-17-50-18-15-40)21-43-27-11-9-25(10-12-27)39(49)48-16-13-29-33(42)36(51-35(29)28-5-2-3-8-32(28)48)37-45-31-7-4-6-30(41)34(31)46-37/h2-12,19-20,43H,13-18,21-23H2,1H3,(H,45,46). The number of carbonyl (C=O) groups excluding carboxylic acids is 1. The lowest BCUT2D eigenvalue weighted by atomic mass is 9.73. The van der Waals surface area contributed by atoms with Crippen molar-refractivity contribution in [3.05, 3.63) is 112 Å². The van der Waals surface area contributed by atoms with E-state index in [2.05, 4.69) is 33.2 Å². The number of pyridine rings is 1. The minimum absolute atomic E-state index is 0.123. The van der Waals surface area contributed by atoms with E-state index in [1.165, 1.54) is 11.3 Å². The first-order valence-electron chi connectivity index (χ1n) is 17.3. The number of aromatic amines is 1. The zero-order chi connectivity index (χ0) is 34.7. The second-order valence-electron chi connectivity index (χ2n) is 13.9. The van der Waals surface area contributed by atoms with Gasteiger partial charge in [-0.05, 0) is 80.3 Å². The first kappa shape index (κ1) is 32.2. The molecule has 6 heterocycles. The maximum absolute atomic E-state index is 16.2. The third kappa shape index (κ3) is 5.75. The molecule has 1 amide bonds. The van der Waals surface area contributed by atoms with Gasteiger partial charge in [0.05, 0.1) is 21.7 Å². The largest absolute Gasteiger partial charge is 0.381 e. The van der Waals surface area contributed by atoms with Crippen LogP contribution in [0.5, 0.6) is 0 Å². The maximum atomic E-state index is 16.2. The van der Waals surface area contributed by atoms with Crippen molar-refractivity contribution in [1.82, 2.24) is 15.0 Å². The molecule has 2 N–H and O–H groups in total. The number of anilines is 3. The van der Waals surface area contributed by atoms with Crippen LogP contribution in [0.25, 0.3) is 32.2 Å². The molecule has 2 fully saturated rings. The number of aryl methyl sites for hydroxylation is 1. The number of para-hydroxylation sites is 2. The van der Waals surface area contributed by atoms with Crippen LogP contribution in [0.3, 0.4) is 0 Å². The second kappa shape index (κ2) is 12.8. The summed E-state index contributed by atoms with van der Waals surface area (Å²) >= 11 is 7.72. The number of imidazole rings is 1. The van der Waals surface area contributed by atoms with Crippen molar-refractivity contribution in [3.8, 4) is 21.1 Å². The van der Waals surface area contributed by atoms with Gasteiger partial charge in [0.1, 0.15) is 16.5 Å². The Balaban J connectivity index is 0.927. The number of amides is 1. The lowest BCUT2D eigenvalue weighted by Crippen LogP contribution is -2.59. The molecule has 3 aliphatic heterocycles. The number of ether oxygens (including phenoxy) is 1. The Morgan fingerprint density at radius 2 is 1.86 bits per heavy atom. The quantitative estimate of drug-likeness (QED) is 0.179. The average Bonchev–Trinajstić information content (AvgIpc) is 3.67. The zero-order valence-electron chi connectivity index (χ0n) is 28.1. The minimum atomic E-state index is -0.311. The predicted octanol–water partition coefficient (Wildman–Crippen LogP) is 8.89. The third-order valence-electron chi connectivity index (χ3n) is 10.5. The summed E-state index contributed by atoms with van der Waals surface area (Å²) in [6.07, 6.45) is 4.54. The number of halogens is 2. The van der Waals surface area contributed by atoms with Gasteiger partial charge in [-0.25, -0.2) is 14.4 Å². The molecule has 0 aliphatic carbocycles. The topological polar surface area (TPSA) is 86.4 Å². The number of hydrogen-bond acceptors (Lipinski definition) is 7. The molecule has 3 aliphatic rings. The molecular formula is C40H36ClFN6O2S. The highest BCUT2D eigenvalue weighted by molar-refractivity contribution is 7.19. The Bertz CT molecular complexity index is 2290. The van der Waals surface area contributed by atoms with Crippen LogP contribution >= 0.6 is 22.9 Å². The van der Waals surface area contributed by atoms with Crippen molar-refractivity contribution in [1.29, 1.82) is 0 Å². The van der Waals surface area contributed by atoms with Gasteiger partial charge in [0.2, 0.25) is 0 Å². The number of nitrogens with one attached hydrogen (secondary N) is 2. The smallest absolute Gasteiger partial charge is 0.258 e. The van der Waals surface area contributed by atoms with Gasteiger partial charge in [-0.3, -0.25) is 4.79 Å². The Morgan fingerprint density at radius 1 is 1.06 bits per heavy atom. The summed E-state index contributed by atoms with van der Waals surface area (Å²) in [5.41, 5.74) is 7.68. The molecule has 9 rings (SSSR count). The van der Waals surface area contributed by atoms with E-state index in [0.29, 0.717) is 62.8 Å². The van der Waals surface area contributed by atoms with Crippen LogP contribution in [0.4, 0.5) is 21.6 Å². The molecule has 0 saturated carbocycles.